The van der Waals surface area contributed by atoms with Gasteiger partial charge in [0.25, 0.3) is 0 Å². The molecule has 0 bridgehead atoms. The molecule has 12 heteroatoms. The monoisotopic (exact) mass is 458 g/mol. The van der Waals surface area contributed by atoms with E-state index in [4.69, 9.17) is 28.8 Å². The molecular weight excluding hydrogens is 436 g/mol. The number of esters is 3. The fraction of sp³-hybridized carbons (Fsp3) is 0.526. The molecule has 0 radical (unpaired) electrons. The maximum atomic E-state index is 11.7. The van der Waals surface area contributed by atoms with Crippen LogP contribution >= 0.6 is 11.3 Å². The molecule has 1 aromatic rings. The molecule has 1 fully saturated rings. The van der Waals surface area contributed by atoms with E-state index in [0.717, 1.165) is 32.1 Å². The highest BCUT2D eigenvalue weighted by atomic mass is 32.1. The molecule has 1 N–H and O–H groups in total. The number of aldehydes is 1. The quantitative estimate of drug-likeness (QED) is 0.324. The molecule has 0 aromatic carbocycles. The molecule has 1 saturated heterocycles. The van der Waals surface area contributed by atoms with E-state index in [1.54, 1.807) is 5.38 Å². The maximum absolute atomic E-state index is 11.7. The summed E-state index contributed by atoms with van der Waals surface area (Å²) in [6.45, 7) is 3.33. The Morgan fingerprint density at radius 1 is 1.03 bits per heavy atom. The number of carboxylic acids is 1. The van der Waals surface area contributed by atoms with Gasteiger partial charge in [-0.25, -0.2) is 0 Å². The van der Waals surface area contributed by atoms with E-state index in [0.29, 0.717) is 6.29 Å². The van der Waals surface area contributed by atoms with Crippen molar-refractivity contribution >= 4 is 41.5 Å². The van der Waals surface area contributed by atoms with Crippen LogP contribution in [0.15, 0.2) is 11.4 Å². The van der Waals surface area contributed by atoms with Gasteiger partial charge in [-0.15, -0.1) is 11.3 Å². The average Bonchev–Trinajstić information content (AvgIpc) is 3.11. The largest absolute Gasteiger partial charge is 0.481 e. The smallest absolute Gasteiger partial charge is 0.303 e. The first-order chi connectivity index (χ1) is 14.6. The number of carbonyl (C=O) groups is 5. The van der Waals surface area contributed by atoms with Crippen LogP contribution in [-0.2, 0) is 38.1 Å². The first kappa shape index (κ1) is 24.3. The molecule has 5 atom stereocenters. The summed E-state index contributed by atoms with van der Waals surface area (Å²) in [6, 6.07) is 1.49. The van der Waals surface area contributed by atoms with Crippen LogP contribution in [0.5, 0.6) is 5.75 Å². The van der Waals surface area contributed by atoms with Crippen LogP contribution in [0, 0.1) is 0 Å². The predicted octanol–water partition coefficient (Wildman–Crippen LogP) is 1.32. The molecule has 5 unspecified atom stereocenters. The topological polar surface area (TPSA) is 152 Å². The lowest BCUT2D eigenvalue weighted by Gasteiger charge is -2.44. The molecule has 170 valence electrons. The first-order valence-electron chi connectivity index (χ1n) is 9.20. The average molecular weight is 458 g/mol. The molecule has 0 amide bonds. The zero-order valence-electron chi connectivity index (χ0n) is 17.0. The van der Waals surface area contributed by atoms with Gasteiger partial charge in [0.2, 0.25) is 12.4 Å². The van der Waals surface area contributed by atoms with E-state index < -0.39 is 54.6 Å². The fourth-order valence-electron chi connectivity index (χ4n) is 3.07. The molecule has 2 heterocycles. The van der Waals surface area contributed by atoms with Crippen molar-refractivity contribution < 1.29 is 52.8 Å². The van der Waals surface area contributed by atoms with Gasteiger partial charge in [0.05, 0.1) is 0 Å². The summed E-state index contributed by atoms with van der Waals surface area (Å²) in [7, 11) is 0. The van der Waals surface area contributed by atoms with Gasteiger partial charge in [0, 0.05) is 27.2 Å². The summed E-state index contributed by atoms with van der Waals surface area (Å²) < 4.78 is 27.4. The second-order valence-electron chi connectivity index (χ2n) is 6.58. The Labute approximate surface area is 181 Å². The van der Waals surface area contributed by atoms with Gasteiger partial charge >= 0.3 is 23.9 Å². The molecule has 2 rings (SSSR count). The van der Waals surface area contributed by atoms with Crippen molar-refractivity contribution in [3.63, 3.8) is 0 Å². The van der Waals surface area contributed by atoms with Gasteiger partial charge in [-0.2, -0.15) is 0 Å². The number of carbonyl (C=O) groups excluding carboxylic acids is 4. The van der Waals surface area contributed by atoms with E-state index in [-0.39, 0.29) is 23.5 Å². The Morgan fingerprint density at radius 3 is 2.16 bits per heavy atom. The third-order valence-corrected chi connectivity index (χ3v) is 4.97. The van der Waals surface area contributed by atoms with Gasteiger partial charge in [0.1, 0.15) is 16.7 Å². The van der Waals surface area contributed by atoms with Crippen molar-refractivity contribution in [1.82, 2.24) is 0 Å². The minimum absolute atomic E-state index is 0.123. The molecule has 0 saturated carbocycles. The molecule has 31 heavy (non-hydrogen) atoms. The Hall–Kier alpha value is -2.99. The molecule has 0 aliphatic carbocycles. The predicted molar refractivity (Wildman–Crippen MR) is 103 cm³/mol. The Kier molecular flexibility index (Phi) is 8.51. The van der Waals surface area contributed by atoms with Crippen molar-refractivity contribution in [1.29, 1.82) is 0 Å². The van der Waals surface area contributed by atoms with Gasteiger partial charge < -0.3 is 28.8 Å². The van der Waals surface area contributed by atoms with Crippen LogP contribution in [0.25, 0.3) is 0 Å². The van der Waals surface area contributed by atoms with Gasteiger partial charge in [-0.3, -0.25) is 24.0 Å². The summed E-state index contributed by atoms with van der Waals surface area (Å²) in [5, 5.41) is 10.6. The molecule has 11 nitrogen and oxygen atoms in total. The van der Waals surface area contributed by atoms with Crippen LogP contribution in [0.2, 0.25) is 0 Å². The van der Waals surface area contributed by atoms with E-state index >= 15 is 0 Å². The number of carboxylic acid groups (broad SMARTS) is 1. The third kappa shape index (κ3) is 6.76. The van der Waals surface area contributed by atoms with E-state index in [1.165, 1.54) is 6.07 Å². The SMILES string of the molecule is CC(=O)OC1C(CCC(=O)O)OC(Oc2ccsc2C=O)C(OC(C)=O)C1OC(C)=O. The van der Waals surface area contributed by atoms with E-state index in [9.17, 15) is 24.0 Å². The fourth-order valence-corrected chi connectivity index (χ4v) is 3.69. The summed E-state index contributed by atoms with van der Waals surface area (Å²) in [5.41, 5.74) is 0. The summed E-state index contributed by atoms with van der Waals surface area (Å²) in [5.74, 6) is -3.26. The Balaban J connectivity index is 2.45. The highest BCUT2D eigenvalue weighted by Gasteiger charge is 2.53. The molecule has 0 spiro atoms. The molecule has 1 aliphatic rings. The normalized spacial score (nSPS) is 25.2. The Morgan fingerprint density at radius 2 is 1.61 bits per heavy atom. The zero-order chi connectivity index (χ0) is 23.1. The third-order valence-electron chi connectivity index (χ3n) is 4.15. The minimum atomic E-state index is -1.38. The minimum Gasteiger partial charge on any atom is -0.481 e. The standard InChI is InChI=1S/C19H22O11S/c1-9(21)26-16-13(4-5-15(24)25)30-19(29-12-6-7-31-14(12)8-20)18(28-11(3)23)17(16)27-10(2)22/h6-8,13,16-19H,4-5H2,1-3H3,(H,24,25). The number of hydrogen-bond donors (Lipinski definition) is 1. The van der Waals surface area contributed by atoms with Crippen molar-refractivity contribution in [2.45, 2.75) is 64.3 Å². The lowest BCUT2D eigenvalue weighted by atomic mass is 9.95. The lowest BCUT2D eigenvalue weighted by Crippen LogP contribution is -2.62. The van der Waals surface area contributed by atoms with Crippen LogP contribution in [0.3, 0.4) is 0 Å². The highest BCUT2D eigenvalue weighted by Crippen LogP contribution is 2.34. The Bertz CT molecular complexity index is 833. The van der Waals surface area contributed by atoms with Crippen molar-refractivity contribution in [3.05, 3.63) is 16.3 Å². The zero-order valence-corrected chi connectivity index (χ0v) is 17.8. The van der Waals surface area contributed by atoms with Crippen LogP contribution in [-0.4, -0.2) is 66.0 Å². The second-order valence-corrected chi connectivity index (χ2v) is 7.53. The second kappa shape index (κ2) is 10.9. The number of rotatable bonds is 9. The number of thiophene rings is 1. The summed E-state index contributed by atoms with van der Waals surface area (Å²) in [4.78, 5) is 57.7. The molecule has 1 aliphatic heterocycles. The maximum Gasteiger partial charge on any atom is 0.303 e. The van der Waals surface area contributed by atoms with Gasteiger partial charge in [0.15, 0.2) is 18.5 Å². The van der Waals surface area contributed by atoms with Crippen LogP contribution in [0.4, 0.5) is 0 Å². The summed E-state index contributed by atoms with van der Waals surface area (Å²) >= 11 is 1.10. The van der Waals surface area contributed by atoms with Crippen molar-refractivity contribution in [2.75, 3.05) is 0 Å². The number of aliphatic carboxylic acids is 1. The van der Waals surface area contributed by atoms with E-state index in [1.807, 2.05) is 0 Å². The molecular formula is C19H22O11S. The number of ether oxygens (including phenoxy) is 5. The lowest BCUT2D eigenvalue weighted by molar-refractivity contribution is -0.284. The van der Waals surface area contributed by atoms with Crippen LogP contribution in [0.1, 0.15) is 43.3 Å². The first-order valence-corrected chi connectivity index (χ1v) is 10.1. The van der Waals surface area contributed by atoms with E-state index in [2.05, 4.69) is 0 Å². The van der Waals surface area contributed by atoms with Gasteiger partial charge in [-0.05, 0) is 17.9 Å². The highest BCUT2D eigenvalue weighted by molar-refractivity contribution is 7.12. The summed E-state index contributed by atoms with van der Waals surface area (Å²) in [6.07, 6.45) is -6.34. The van der Waals surface area contributed by atoms with Crippen molar-refractivity contribution in [3.8, 4) is 5.75 Å². The molecule has 1 aromatic heterocycles. The number of hydrogen-bond acceptors (Lipinski definition) is 11. The van der Waals surface area contributed by atoms with Crippen LogP contribution < -0.4 is 4.74 Å². The van der Waals surface area contributed by atoms with Crippen molar-refractivity contribution in [2.24, 2.45) is 0 Å². The van der Waals surface area contributed by atoms with Gasteiger partial charge in [-0.1, -0.05) is 0 Å².